The zero-order valence-electron chi connectivity index (χ0n) is 12.2. The molecule has 0 spiro atoms. The summed E-state index contributed by atoms with van der Waals surface area (Å²) in [7, 11) is 1.49. The van der Waals surface area contributed by atoms with Crippen molar-refractivity contribution < 1.29 is 29.2 Å². The number of aliphatic carboxylic acids is 1. The van der Waals surface area contributed by atoms with Crippen LogP contribution in [0.1, 0.15) is 37.9 Å². The van der Waals surface area contributed by atoms with Gasteiger partial charge in [0.2, 0.25) is 12.5 Å². The number of aliphatic hydroxyl groups excluding tert-OH is 1. The number of hydrogen-bond acceptors (Lipinski definition) is 5. The molecule has 6 heteroatoms. The quantitative estimate of drug-likeness (QED) is 0.803. The second-order valence-corrected chi connectivity index (χ2v) is 4.99. The fourth-order valence-electron chi connectivity index (χ4n) is 2.39. The molecule has 0 saturated carbocycles. The van der Waals surface area contributed by atoms with Crippen molar-refractivity contribution in [3.63, 3.8) is 0 Å². The summed E-state index contributed by atoms with van der Waals surface area (Å²) in [6.45, 7) is 2.07. The molecular weight excluding hydrogens is 276 g/mol. The number of rotatable bonds is 7. The molecule has 2 atom stereocenters. The van der Waals surface area contributed by atoms with Crippen LogP contribution in [0.15, 0.2) is 12.1 Å². The molecule has 0 radical (unpaired) electrons. The average molecular weight is 296 g/mol. The molecule has 0 aliphatic carbocycles. The average Bonchev–Trinajstić information content (AvgIpc) is 2.94. The summed E-state index contributed by atoms with van der Waals surface area (Å²) in [6.07, 6.45) is 0.929. The van der Waals surface area contributed by atoms with Gasteiger partial charge in [0.15, 0.2) is 11.5 Å². The second-order valence-electron chi connectivity index (χ2n) is 4.99. The smallest absolute Gasteiger partial charge is 0.309 e. The largest absolute Gasteiger partial charge is 0.493 e. The van der Waals surface area contributed by atoms with Crippen LogP contribution in [-0.2, 0) is 4.79 Å². The summed E-state index contributed by atoms with van der Waals surface area (Å²) in [4.78, 5) is 11.4. The summed E-state index contributed by atoms with van der Waals surface area (Å²) >= 11 is 0. The maximum atomic E-state index is 11.4. The number of ether oxygens (including phenoxy) is 3. The minimum absolute atomic E-state index is 0.0867. The molecule has 1 aromatic carbocycles. The fraction of sp³-hybridized carbons (Fsp3) is 0.533. The highest BCUT2D eigenvalue weighted by atomic mass is 16.7. The monoisotopic (exact) mass is 296 g/mol. The Morgan fingerprint density at radius 2 is 2.19 bits per heavy atom. The molecule has 0 aromatic heterocycles. The van der Waals surface area contributed by atoms with E-state index in [4.69, 9.17) is 14.2 Å². The Morgan fingerprint density at radius 3 is 2.81 bits per heavy atom. The third-order valence-corrected chi connectivity index (χ3v) is 3.59. The number of unbranched alkanes of at least 4 members (excludes halogenated alkanes) is 1. The number of carboxylic acids is 1. The molecule has 0 fully saturated rings. The van der Waals surface area contributed by atoms with Crippen LogP contribution in [0, 0.1) is 5.92 Å². The molecule has 6 nitrogen and oxygen atoms in total. The second kappa shape index (κ2) is 6.67. The minimum atomic E-state index is -1.11. The number of aliphatic hydroxyl groups is 1. The Labute approximate surface area is 123 Å². The fourth-order valence-corrected chi connectivity index (χ4v) is 2.39. The van der Waals surface area contributed by atoms with E-state index in [0.717, 1.165) is 12.8 Å². The predicted octanol–water partition coefficient (Wildman–Crippen LogP) is 2.35. The van der Waals surface area contributed by atoms with E-state index < -0.39 is 18.0 Å². The van der Waals surface area contributed by atoms with Crippen LogP contribution in [0.3, 0.4) is 0 Å². The highest BCUT2D eigenvalue weighted by molar-refractivity contribution is 5.71. The SMILES string of the molecule is CCCCC(C(=O)O)C(O)c1cc(OC)c2c(c1)OCO2. The van der Waals surface area contributed by atoms with Crippen molar-refractivity contribution in [2.45, 2.75) is 32.3 Å². The van der Waals surface area contributed by atoms with E-state index in [2.05, 4.69) is 0 Å². The first kappa shape index (κ1) is 15.4. The van der Waals surface area contributed by atoms with Gasteiger partial charge >= 0.3 is 5.97 Å². The first-order chi connectivity index (χ1) is 10.1. The van der Waals surface area contributed by atoms with E-state index >= 15 is 0 Å². The van der Waals surface area contributed by atoms with Gasteiger partial charge in [-0.05, 0) is 24.1 Å². The lowest BCUT2D eigenvalue weighted by Crippen LogP contribution is -2.22. The van der Waals surface area contributed by atoms with E-state index in [9.17, 15) is 15.0 Å². The first-order valence-electron chi connectivity index (χ1n) is 6.96. The molecule has 21 heavy (non-hydrogen) atoms. The van der Waals surface area contributed by atoms with Crippen LogP contribution in [0.25, 0.3) is 0 Å². The Kier molecular flexibility index (Phi) is 4.90. The maximum absolute atomic E-state index is 11.4. The number of carboxylic acid groups (broad SMARTS) is 1. The molecule has 0 bridgehead atoms. The lowest BCUT2D eigenvalue weighted by atomic mass is 9.91. The van der Waals surface area contributed by atoms with Crippen molar-refractivity contribution in [3.8, 4) is 17.2 Å². The highest BCUT2D eigenvalue weighted by Crippen LogP contribution is 2.44. The molecule has 1 aliphatic rings. The van der Waals surface area contributed by atoms with E-state index in [1.807, 2.05) is 6.92 Å². The van der Waals surface area contributed by atoms with Crippen LogP contribution in [0.4, 0.5) is 0 Å². The van der Waals surface area contributed by atoms with Gasteiger partial charge in [0.1, 0.15) is 0 Å². The zero-order chi connectivity index (χ0) is 15.4. The number of methoxy groups -OCH3 is 1. The number of benzene rings is 1. The van der Waals surface area contributed by atoms with Crippen LogP contribution >= 0.6 is 0 Å². The molecule has 1 aromatic rings. The van der Waals surface area contributed by atoms with E-state index in [0.29, 0.717) is 29.2 Å². The number of fused-ring (bicyclic) bond motifs is 1. The Morgan fingerprint density at radius 1 is 1.43 bits per heavy atom. The van der Waals surface area contributed by atoms with E-state index in [1.165, 1.54) is 7.11 Å². The molecule has 0 amide bonds. The van der Waals surface area contributed by atoms with E-state index in [-0.39, 0.29) is 6.79 Å². The van der Waals surface area contributed by atoms with Gasteiger partial charge in [-0.2, -0.15) is 0 Å². The van der Waals surface area contributed by atoms with Crippen molar-refractivity contribution in [1.29, 1.82) is 0 Å². The van der Waals surface area contributed by atoms with Crippen LogP contribution in [-0.4, -0.2) is 30.1 Å². The van der Waals surface area contributed by atoms with Crippen molar-refractivity contribution >= 4 is 5.97 Å². The molecule has 2 rings (SSSR count). The Balaban J connectivity index is 2.29. The van der Waals surface area contributed by atoms with Gasteiger partial charge in [-0.3, -0.25) is 4.79 Å². The maximum Gasteiger partial charge on any atom is 0.309 e. The molecule has 0 saturated heterocycles. The van der Waals surface area contributed by atoms with Gasteiger partial charge in [-0.1, -0.05) is 19.8 Å². The van der Waals surface area contributed by atoms with Gasteiger partial charge in [0.05, 0.1) is 19.1 Å². The van der Waals surface area contributed by atoms with Crippen LogP contribution in [0.5, 0.6) is 17.2 Å². The zero-order valence-corrected chi connectivity index (χ0v) is 12.2. The topological polar surface area (TPSA) is 85.2 Å². The summed E-state index contributed by atoms with van der Waals surface area (Å²) in [5.74, 6) is -0.488. The van der Waals surface area contributed by atoms with Crippen LogP contribution < -0.4 is 14.2 Å². The minimum Gasteiger partial charge on any atom is -0.493 e. The van der Waals surface area contributed by atoms with Gasteiger partial charge < -0.3 is 24.4 Å². The normalized spacial score (nSPS) is 15.6. The van der Waals surface area contributed by atoms with Gasteiger partial charge in [-0.15, -0.1) is 0 Å². The summed E-state index contributed by atoms with van der Waals surface area (Å²) in [5, 5.41) is 19.7. The molecule has 2 unspecified atom stereocenters. The lowest BCUT2D eigenvalue weighted by molar-refractivity contribution is -0.146. The van der Waals surface area contributed by atoms with Crippen molar-refractivity contribution in [1.82, 2.24) is 0 Å². The van der Waals surface area contributed by atoms with Gasteiger partial charge in [-0.25, -0.2) is 0 Å². The lowest BCUT2D eigenvalue weighted by Gasteiger charge is -2.20. The summed E-state index contributed by atoms with van der Waals surface area (Å²) < 4.78 is 15.8. The molecule has 1 aliphatic heterocycles. The van der Waals surface area contributed by atoms with Gasteiger partial charge in [0, 0.05) is 0 Å². The number of carbonyl (C=O) groups is 1. The molecule has 2 N–H and O–H groups in total. The third kappa shape index (κ3) is 3.21. The standard InChI is InChI=1S/C15H20O6/c1-3-4-5-10(15(17)18)13(16)9-6-11(19-2)14-12(7-9)20-8-21-14/h6-7,10,13,16H,3-5,8H2,1-2H3,(H,17,18). The molecule has 116 valence electrons. The molecule has 1 heterocycles. The highest BCUT2D eigenvalue weighted by Gasteiger charge is 2.30. The van der Waals surface area contributed by atoms with Gasteiger partial charge in [0.25, 0.3) is 0 Å². The molecular formula is C15H20O6. The Bertz CT molecular complexity index is 513. The van der Waals surface area contributed by atoms with Crippen molar-refractivity contribution in [3.05, 3.63) is 17.7 Å². The van der Waals surface area contributed by atoms with Crippen LogP contribution in [0.2, 0.25) is 0 Å². The van der Waals surface area contributed by atoms with Crippen molar-refractivity contribution in [2.24, 2.45) is 5.92 Å². The first-order valence-corrected chi connectivity index (χ1v) is 6.96. The Hall–Kier alpha value is -1.95. The number of hydrogen-bond donors (Lipinski definition) is 2. The summed E-state index contributed by atoms with van der Waals surface area (Å²) in [5.41, 5.74) is 0.458. The van der Waals surface area contributed by atoms with E-state index in [1.54, 1.807) is 12.1 Å². The summed E-state index contributed by atoms with van der Waals surface area (Å²) in [6, 6.07) is 3.21. The predicted molar refractivity (Wildman–Crippen MR) is 74.7 cm³/mol. The third-order valence-electron chi connectivity index (χ3n) is 3.59. The van der Waals surface area contributed by atoms with Crippen molar-refractivity contribution in [2.75, 3.05) is 13.9 Å².